The number of methoxy groups -OCH3 is 1. The number of hydrogen-bond donors (Lipinski definition) is 3. The van der Waals surface area contributed by atoms with E-state index < -0.39 is 18.5 Å². The third-order valence-corrected chi connectivity index (χ3v) is 4.73. The van der Waals surface area contributed by atoms with Crippen LogP contribution in [-0.2, 0) is 11.3 Å². The van der Waals surface area contributed by atoms with Crippen molar-refractivity contribution in [1.29, 1.82) is 0 Å². The summed E-state index contributed by atoms with van der Waals surface area (Å²) in [5.41, 5.74) is 8.08. The summed E-state index contributed by atoms with van der Waals surface area (Å²) in [5.74, 6) is -0.544. The third-order valence-electron chi connectivity index (χ3n) is 4.45. The van der Waals surface area contributed by atoms with E-state index >= 15 is 0 Å². The first-order valence-electron chi connectivity index (χ1n) is 8.78. The van der Waals surface area contributed by atoms with Gasteiger partial charge in [0.25, 0.3) is 5.91 Å². The molecule has 4 N–H and O–H groups in total. The normalized spacial score (nSPS) is 12.3. The fourth-order valence-corrected chi connectivity index (χ4v) is 3.18. The van der Waals surface area contributed by atoms with Crippen molar-refractivity contribution in [2.75, 3.05) is 24.8 Å². The Morgan fingerprint density at radius 2 is 2.07 bits per heavy atom. The number of nitrogens with two attached hydrogens (primary N) is 1. The summed E-state index contributed by atoms with van der Waals surface area (Å²) in [6.07, 6.45) is 0.530. The molecule has 1 atom stereocenters. The van der Waals surface area contributed by atoms with Crippen LogP contribution in [0, 0.1) is 0 Å². The number of ether oxygens (including phenoxy) is 1. The zero-order chi connectivity index (χ0) is 20.3. The molecular weight excluding hydrogens is 385 g/mol. The van der Waals surface area contributed by atoms with E-state index in [4.69, 9.17) is 22.1 Å². The topological polar surface area (TPSA) is 106 Å². The molecule has 1 aromatic carbocycles. The fourth-order valence-electron chi connectivity index (χ4n) is 2.91. The van der Waals surface area contributed by atoms with Gasteiger partial charge < -0.3 is 20.8 Å². The highest BCUT2D eigenvalue weighted by atomic mass is 35.5. The molecule has 1 amide bonds. The number of carbonyl (C=O) groups excluding carboxylic acids is 1. The van der Waals surface area contributed by atoms with Crippen LogP contribution in [0.1, 0.15) is 41.0 Å². The predicted molar refractivity (Wildman–Crippen MR) is 107 cm³/mol. The molecule has 0 aliphatic carbocycles. The number of H-pyrrole nitrogens is 1. The lowest BCUT2D eigenvalue weighted by molar-refractivity contribution is 0.102. The van der Waals surface area contributed by atoms with Gasteiger partial charge in [0.2, 0.25) is 0 Å². The highest BCUT2D eigenvalue weighted by Gasteiger charge is 2.24. The highest BCUT2D eigenvalue weighted by Crippen LogP contribution is 2.31. The van der Waals surface area contributed by atoms with Gasteiger partial charge in [0.05, 0.1) is 24.2 Å². The molecule has 28 heavy (non-hydrogen) atoms. The lowest BCUT2D eigenvalue weighted by Crippen LogP contribution is -2.13. The summed E-state index contributed by atoms with van der Waals surface area (Å²) in [6.45, 7) is 1.73. The van der Waals surface area contributed by atoms with Crippen molar-refractivity contribution < 1.29 is 13.9 Å². The maximum absolute atomic E-state index is 13.2. The molecule has 0 aliphatic rings. The first-order valence-corrected chi connectivity index (χ1v) is 9.16. The van der Waals surface area contributed by atoms with Gasteiger partial charge in [0.15, 0.2) is 0 Å². The molecule has 2 heterocycles. The Kier molecular flexibility index (Phi) is 6.11. The first-order chi connectivity index (χ1) is 13.5. The van der Waals surface area contributed by atoms with Crippen LogP contribution in [0.3, 0.4) is 0 Å². The maximum atomic E-state index is 13.2. The van der Waals surface area contributed by atoms with Gasteiger partial charge in [-0.2, -0.15) is 0 Å². The molecule has 0 fully saturated rings. The molecule has 0 radical (unpaired) electrons. The van der Waals surface area contributed by atoms with Crippen LogP contribution in [0.25, 0.3) is 11.0 Å². The van der Waals surface area contributed by atoms with Gasteiger partial charge in [-0.05, 0) is 24.1 Å². The number of aromatic nitrogens is 3. The minimum atomic E-state index is -0.595. The van der Waals surface area contributed by atoms with Crippen molar-refractivity contribution in [2.24, 2.45) is 0 Å². The van der Waals surface area contributed by atoms with Gasteiger partial charge >= 0.3 is 0 Å². The molecule has 0 saturated heterocycles. The molecule has 9 heteroatoms. The van der Waals surface area contributed by atoms with Crippen molar-refractivity contribution in [3.8, 4) is 0 Å². The molecule has 0 aliphatic heterocycles. The van der Waals surface area contributed by atoms with E-state index in [0.29, 0.717) is 29.7 Å². The number of hydrogen-bond acceptors (Lipinski definition) is 5. The van der Waals surface area contributed by atoms with E-state index in [-0.39, 0.29) is 22.4 Å². The van der Waals surface area contributed by atoms with Gasteiger partial charge in [-0.25, -0.2) is 9.97 Å². The summed E-state index contributed by atoms with van der Waals surface area (Å²) >= 11 is 6.24. The van der Waals surface area contributed by atoms with Crippen molar-refractivity contribution in [2.45, 2.75) is 25.9 Å². The van der Waals surface area contributed by atoms with Crippen LogP contribution in [0.4, 0.5) is 15.9 Å². The van der Waals surface area contributed by atoms with E-state index in [0.717, 1.165) is 5.56 Å². The second kappa shape index (κ2) is 8.53. The zero-order valence-corrected chi connectivity index (χ0v) is 16.3. The van der Waals surface area contributed by atoms with Crippen molar-refractivity contribution >= 4 is 40.0 Å². The Hall–Kier alpha value is -2.71. The molecular formula is C19H21ClFN5O2. The summed E-state index contributed by atoms with van der Waals surface area (Å²) in [7, 11) is 1.61. The fraction of sp³-hybridized carbons (Fsp3) is 0.316. The summed E-state index contributed by atoms with van der Waals surface area (Å²) in [4.78, 5) is 24.1. The number of anilines is 2. The van der Waals surface area contributed by atoms with Gasteiger partial charge in [-0.15, -0.1) is 0 Å². The van der Waals surface area contributed by atoms with Crippen LogP contribution in [0.5, 0.6) is 0 Å². The van der Waals surface area contributed by atoms with E-state index in [1.54, 1.807) is 19.2 Å². The SMILES string of the molecule is CCC(CF)c1nc(N)c2c(C(=O)Nc3ccc(COC)cc3)c(Cl)[nH]c2n1. The second-order valence-corrected chi connectivity index (χ2v) is 6.73. The Morgan fingerprint density at radius 3 is 2.68 bits per heavy atom. The summed E-state index contributed by atoms with van der Waals surface area (Å²) < 4.78 is 18.2. The van der Waals surface area contributed by atoms with Crippen LogP contribution in [0.2, 0.25) is 5.15 Å². The Balaban J connectivity index is 1.93. The maximum Gasteiger partial charge on any atom is 0.259 e. The van der Waals surface area contributed by atoms with Crippen LogP contribution in [-0.4, -0.2) is 34.6 Å². The molecule has 0 bridgehead atoms. The minimum absolute atomic E-state index is 0.0793. The van der Waals surface area contributed by atoms with E-state index in [1.165, 1.54) is 0 Å². The number of rotatable bonds is 7. The molecule has 3 aromatic rings. The van der Waals surface area contributed by atoms with Crippen molar-refractivity contribution in [3.05, 3.63) is 46.4 Å². The molecule has 1 unspecified atom stereocenters. The predicted octanol–water partition coefficient (Wildman–Crippen LogP) is 4.06. The number of benzene rings is 1. The monoisotopic (exact) mass is 405 g/mol. The van der Waals surface area contributed by atoms with Crippen LogP contribution < -0.4 is 11.1 Å². The van der Waals surface area contributed by atoms with Gasteiger partial charge in [0, 0.05) is 18.7 Å². The average molecular weight is 406 g/mol. The second-order valence-electron chi connectivity index (χ2n) is 6.35. The number of halogens is 2. The van der Waals surface area contributed by atoms with E-state index in [1.807, 2.05) is 19.1 Å². The average Bonchev–Trinajstić information content (AvgIpc) is 3.01. The Labute approximate surface area is 166 Å². The highest BCUT2D eigenvalue weighted by molar-refractivity contribution is 6.36. The summed E-state index contributed by atoms with van der Waals surface area (Å²) in [5, 5.41) is 3.19. The standard InChI is InChI=1S/C19H21ClFN5O2/c1-3-11(8-21)17-25-16(22)14-13(15(20)24-18(14)26-17)19(27)23-12-6-4-10(5-7-12)9-28-2/h4-7,11H,3,8-9H2,1-2H3,(H,23,27)(H3,22,24,25,26). The number of alkyl halides is 1. The van der Waals surface area contributed by atoms with Crippen molar-refractivity contribution in [1.82, 2.24) is 15.0 Å². The van der Waals surface area contributed by atoms with Gasteiger partial charge in [-0.3, -0.25) is 9.18 Å². The van der Waals surface area contributed by atoms with Gasteiger partial charge in [0.1, 0.15) is 22.4 Å². The number of nitrogens with zero attached hydrogens (tertiary/aromatic N) is 2. The van der Waals surface area contributed by atoms with Crippen LogP contribution in [0.15, 0.2) is 24.3 Å². The molecule has 2 aromatic heterocycles. The number of aromatic amines is 1. The largest absolute Gasteiger partial charge is 0.383 e. The van der Waals surface area contributed by atoms with Gasteiger partial charge in [-0.1, -0.05) is 30.7 Å². The van der Waals surface area contributed by atoms with Crippen LogP contribution >= 0.6 is 11.6 Å². The number of nitrogen functional groups attached to an aromatic ring is 1. The minimum Gasteiger partial charge on any atom is -0.383 e. The lowest BCUT2D eigenvalue weighted by Gasteiger charge is -2.10. The smallest absolute Gasteiger partial charge is 0.259 e. The van der Waals surface area contributed by atoms with E-state index in [2.05, 4.69) is 20.3 Å². The number of amides is 1. The van der Waals surface area contributed by atoms with Crippen molar-refractivity contribution in [3.63, 3.8) is 0 Å². The molecule has 0 saturated carbocycles. The Morgan fingerprint density at radius 1 is 1.36 bits per heavy atom. The molecule has 3 rings (SSSR count). The summed E-state index contributed by atoms with van der Waals surface area (Å²) in [6, 6.07) is 7.23. The quantitative estimate of drug-likeness (QED) is 0.549. The zero-order valence-electron chi connectivity index (χ0n) is 15.6. The molecule has 7 nitrogen and oxygen atoms in total. The molecule has 148 valence electrons. The Bertz CT molecular complexity index is 986. The third kappa shape index (κ3) is 3.93. The number of carbonyl (C=O) groups is 1. The number of fused-ring (bicyclic) bond motifs is 1. The first kappa shape index (κ1) is 20.0. The lowest BCUT2D eigenvalue weighted by atomic mass is 10.1. The molecule has 0 spiro atoms. The van der Waals surface area contributed by atoms with E-state index in [9.17, 15) is 9.18 Å². The number of nitrogens with one attached hydrogen (secondary N) is 2.